The zero-order valence-electron chi connectivity index (χ0n) is 11.9. The Balaban J connectivity index is 2.18. The highest BCUT2D eigenvalue weighted by Crippen LogP contribution is 2.38. The summed E-state index contributed by atoms with van der Waals surface area (Å²) >= 11 is 0. The maximum absolute atomic E-state index is 13.0. The van der Waals surface area contributed by atoms with Crippen molar-refractivity contribution in [2.45, 2.75) is 39.0 Å². The molecule has 2 rings (SSSR count). The van der Waals surface area contributed by atoms with Crippen LogP contribution in [-0.4, -0.2) is 24.2 Å². The van der Waals surface area contributed by atoms with Gasteiger partial charge in [-0.2, -0.15) is 0 Å². The van der Waals surface area contributed by atoms with E-state index >= 15 is 0 Å². The minimum absolute atomic E-state index is 0.268. The third-order valence-electron chi connectivity index (χ3n) is 4.33. The monoisotopic (exact) mass is 279 g/mol. The Labute approximate surface area is 119 Å². The molecule has 1 fully saturated rings. The van der Waals surface area contributed by atoms with Crippen LogP contribution in [0.3, 0.4) is 0 Å². The van der Waals surface area contributed by atoms with Crippen LogP contribution < -0.4 is 4.90 Å². The van der Waals surface area contributed by atoms with Crippen molar-refractivity contribution in [1.82, 2.24) is 0 Å². The van der Waals surface area contributed by atoms with Crippen LogP contribution in [0.2, 0.25) is 0 Å². The fourth-order valence-electron chi connectivity index (χ4n) is 3.07. The molecule has 0 spiro atoms. The van der Waals surface area contributed by atoms with E-state index in [0.717, 1.165) is 44.3 Å². The van der Waals surface area contributed by atoms with Gasteiger partial charge in [-0.15, -0.1) is 0 Å². The van der Waals surface area contributed by atoms with Crippen molar-refractivity contribution in [2.75, 3.05) is 18.0 Å². The lowest BCUT2D eigenvalue weighted by atomic mass is 9.73. The van der Waals surface area contributed by atoms with E-state index < -0.39 is 11.4 Å². The van der Waals surface area contributed by atoms with Crippen LogP contribution in [0.15, 0.2) is 24.3 Å². The Morgan fingerprint density at radius 2 is 1.85 bits per heavy atom. The van der Waals surface area contributed by atoms with Crippen LogP contribution in [0.1, 0.15) is 39.0 Å². The average Bonchev–Trinajstić information content (AvgIpc) is 2.47. The Bertz CT molecular complexity index is 452. The molecule has 0 aromatic heterocycles. The van der Waals surface area contributed by atoms with Crippen LogP contribution in [0.5, 0.6) is 0 Å². The number of aliphatic carboxylic acids is 1. The second-order valence-electron chi connectivity index (χ2n) is 5.64. The molecule has 0 amide bonds. The zero-order chi connectivity index (χ0) is 14.6. The molecule has 0 aliphatic heterocycles. The van der Waals surface area contributed by atoms with Crippen LogP contribution in [0.25, 0.3) is 0 Å². The third-order valence-corrected chi connectivity index (χ3v) is 4.33. The summed E-state index contributed by atoms with van der Waals surface area (Å²) in [6, 6.07) is 6.28. The molecule has 1 saturated carbocycles. The lowest BCUT2D eigenvalue weighted by Crippen LogP contribution is -2.44. The van der Waals surface area contributed by atoms with Gasteiger partial charge in [0.05, 0.1) is 5.41 Å². The van der Waals surface area contributed by atoms with Crippen molar-refractivity contribution in [2.24, 2.45) is 5.41 Å². The van der Waals surface area contributed by atoms with Crippen molar-refractivity contribution in [1.29, 1.82) is 0 Å². The first-order valence-corrected chi connectivity index (χ1v) is 7.31. The predicted molar refractivity (Wildman–Crippen MR) is 77.4 cm³/mol. The van der Waals surface area contributed by atoms with Crippen molar-refractivity contribution in [3.8, 4) is 0 Å². The molecule has 1 aliphatic carbocycles. The zero-order valence-corrected chi connectivity index (χ0v) is 11.9. The lowest BCUT2D eigenvalue weighted by molar-refractivity contribution is -0.150. The summed E-state index contributed by atoms with van der Waals surface area (Å²) in [4.78, 5) is 13.8. The number of carboxylic acid groups (broad SMARTS) is 1. The Hall–Kier alpha value is -1.58. The maximum Gasteiger partial charge on any atom is 0.311 e. The second-order valence-corrected chi connectivity index (χ2v) is 5.64. The largest absolute Gasteiger partial charge is 0.481 e. The molecule has 4 heteroatoms. The summed E-state index contributed by atoms with van der Waals surface area (Å²) in [6.45, 7) is 3.23. The van der Waals surface area contributed by atoms with Crippen molar-refractivity contribution in [3.63, 3.8) is 0 Å². The van der Waals surface area contributed by atoms with Gasteiger partial charge < -0.3 is 10.0 Å². The number of hydrogen-bond acceptors (Lipinski definition) is 2. The first kappa shape index (κ1) is 14.8. The number of anilines is 1. The second kappa shape index (κ2) is 6.25. The van der Waals surface area contributed by atoms with Crippen LogP contribution >= 0.6 is 0 Å². The molecule has 0 saturated heterocycles. The van der Waals surface area contributed by atoms with Gasteiger partial charge in [0.25, 0.3) is 0 Å². The smallest absolute Gasteiger partial charge is 0.311 e. The fourth-order valence-corrected chi connectivity index (χ4v) is 3.07. The molecule has 0 unspecified atom stereocenters. The SMILES string of the molecule is CCN(CC1(C(=O)O)CCCCC1)c1ccc(F)cc1. The summed E-state index contributed by atoms with van der Waals surface area (Å²) < 4.78 is 13.0. The fraction of sp³-hybridized carbons (Fsp3) is 0.562. The molecule has 0 radical (unpaired) electrons. The highest BCUT2D eigenvalue weighted by atomic mass is 19.1. The highest BCUT2D eigenvalue weighted by molar-refractivity contribution is 5.76. The molecule has 1 aromatic rings. The van der Waals surface area contributed by atoms with Gasteiger partial charge in [0.2, 0.25) is 0 Å². The molecule has 0 atom stereocenters. The minimum Gasteiger partial charge on any atom is -0.481 e. The molecule has 1 aromatic carbocycles. The van der Waals surface area contributed by atoms with E-state index in [4.69, 9.17) is 0 Å². The number of nitrogens with zero attached hydrogens (tertiary/aromatic N) is 1. The van der Waals surface area contributed by atoms with E-state index in [0.29, 0.717) is 6.54 Å². The van der Waals surface area contributed by atoms with Gasteiger partial charge in [-0.3, -0.25) is 4.79 Å². The molecule has 1 N–H and O–H groups in total. The van der Waals surface area contributed by atoms with Gasteiger partial charge in [-0.05, 0) is 44.0 Å². The van der Waals surface area contributed by atoms with Crippen LogP contribution in [0.4, 0.5) is 10.1 Å². The van der Waals surface area contributed by atoms with E-state index in [1.54, 1.807) is 12.1 Å². The van der Waals surface area contributed by atoms with E-state index in [1.807, 2.05) is 11.8 Å². The van der Waals surface area contributed by atoms with Crippen molar-refractivity contribution >= 4 is 11.7 Å². The number of benzene rings is 1. The summed E-state index contributed by atoms with van der Waals surface area (Å²) in [7, 11) is 0. The van der Waals surface area contributed by atoms with Gasteiger partial charge in [0, 0.05) is 18.8 Å². The first-order valence-electron chi connectivity index (χ1n) is 7.31. The van der Waals surface area contributed by atoms with Gasteiger partial charge in [0.15, 0.2) is 0 Å². The number of carbonyl (C=O) groups is 1. The standard InChI is InChI=1S/C16H22FNO2/c1-2-18(14-8-6-13(17)7-9-14)12-16(15(19)20)10-4-3-5-11-16/h6-9H,2-5,10-12H2,1H3,(H,19,20). The van der Waals surface area contributed by atoms with E-state index in [9.17, 15) is 14.3 Å². The maximum atomic E-state index is 13.0. The molecular weight excluding hydrogens is 257 g/mol. The van der Waals surface area contributed by atoms with Crippen LogP contribution in [0, 0.1) is 11.2 Å². The van der Waals surface area contributed by atoms with Gasteiger partial charge in [-0.25, -0.2) is 4.39 Å². The van der Waals surface area contributed by atoms with Crippen LogP contribution in [-0.2, 0) is 4.79 Å². The molecular formula is C16H22FNO2. The van der Waals surface area contributed by atoms with Gasteiger partial charge in [0.1, 0.15) is 5.82 Å². The normalized spacial score (nSPS) is 17.7. The predicted octanol–water partition coefficient (Wildman–Crippen LogP) is 3.69. The average molecular weight is 279 g/mol. The summed E-state index contributed by atoms with van der Waals surface area (Å²) in [5.74, 6) is -0.965. The molecule has 110 valence electrons. The van der Waals surface area contributed by atoms with Gasteiger partial charge in [-0.1, -0.05) is 19.3 Å². The Morgan fingerprint density at radius 3 is 2.35 bits per heavy atom. The molecule has 3 nitrogen and oxygen atoms in total. The van der Waals surface area contributed by atoms with E-state index in [-0.39, 0.29) is 5.82 Å². The molecule has 0 heterocycles. The van der Waals surface area contributed by atoms with Crippen molar-refractivity contribution in [3.05, 3.63) is 30.1 Å². The molecule has 0 bridgehead atoms. The minimum atomic E-state index is -0.697. The summed E-state index contributed by atoms with van der Waals surface area (Å²) in [5.41, 5.74) is 0.239. The lowest BCUT2D eigenvalue weighted by Gasteiger charge is -2.38. The Morgan fingerprint density at radius 1 is 1.25 bits per heavy atom. The molecule has 1 aliphatic rings. The Kier molecular flexibility index (Phi) is 4.63. The number of rotatable bonds is 5. The van der Waals surface area contributed by atoms with E-state index in [2.05, 4.69) is 0 Å². The van der Waals surface area contributed by atoms with E-state index in [1.165, 1.54) is 12.1 Å². The number of halogens is 1. The number of hydrogen-bond donors (Lipinski definition) is 1. The number of carboxylic acids is 1. The molecule has 20 heavy (non-hydrogen) atoms. The van der Waals surface area contributed by atoms with Crippen molar-refractivity contribution < 1.29 is 14.3 Å². The highest BCUT2D eigenvalue weighted by Gasteiger charge is 2.40. The van der Waals surface area contributed by atoms with Gasteiger partial charge >= 0.3 is 5.97 Å². The topological polar surface area (TPSA) is 40.5 Å². The quantitative estimate of drug-likeness (QED) is 0.893. The third kappa shape index (κ3) is 3.11. The summed E-state index contributed by atoms with van der Waals surface area (Å²) in [5, 5.41) is 9.64. The summed E-state index contributed by atoms with van der Waals surface area (Å²) in [6.07, 6.45) is 4.55. The first-order chi connectivity index (χ1) is 9.57.